The zero-order valence-corrected chi connectivity index (χ0v) is 14.5. The summed E-state index contributed by atoms with van der Waals surface area (Å²) >= 11 is 3.33. The van der Waals surface area contributed by atoms with Gasteiger partial charge in [0, 0.05) is 10.5 Å². The average molecular weight is 397 g/mol. The van der Waals surface area contributed by atoms with Gasteiger partial charge in [0.2, 0.25) is 6.79 Å². The van der Waals surface area contributed by atoms with Gasteiger partial charge in [-0.15, -0.1) is 0 Å². The van der Waals surface area contributed by atoms with E-state index >= 15 is 0 Å². The van der Waals surface area contributed by atoms with Crippen LogP contribution in [0.2, 0.25) is 0 Å². The number of fused-ring (bicyclic) bond motifs is 1. The molecule has 1 aliphatic heterocycles. The summed E-state index contributed by atoms with van der Waals surface area (Å²) in [5, 5.41) is 3.80. The minimum Gasteiger partial charge on any atom is -0.454 e. The molecule has 0 aromatic heterocycles. The molecular formula is C15H13BrN2O4S. The highest BCUT2D eigenvalue weighted by Crippen LogP contribution is 2.36. The third-order valence-electron chi connectivity index (χ3n) is 3.22. The van der Waals surface area contributed by atoms with Gasteiger partial charge in [0.05, 0.1) is 11.1 Å². The van der Waals surface area contributed by atoms with Crippen LogP contribution in [0.4, 0.5) is 0 Å². The van der Waals surface area contributed by atoms with Gasteiger partial charge in [0.25, 0.3) is 10.0 Å². The molecule has 0 spiro atoms. The lowest BCUT2D eigenvalue weighted by atomic mass is 10.2. The van der Waals surface area contributed by atoms with Crippen LogP contribution < -0.4 is 14.3 Å². The predicted molar refractivity (Wildman–Crippen MR) is 89.4 cm³/mol. The van der Waals surface area contributed by atoms with Gasteiger partial charge in [-0.2, -0.15) is 13.5 Å². The summed E-state index contributed by atoms with van der Waals surface area (Å²) in [6, 6.07) is 10.4. The first-order chi connectivity index (χ1) is 11.0. The molecule has 0 amide bonds. The van der Waals surface area contributed by atoms with Crippen LogP contribution in [0.3, 0.4) is 0 Å². The number of sulfonamides is 1. The van der Waals surface area contributed by atoms with Gasteiger partial charge in [-0.3, -0.25) is 0 Å². The van der Waals surface area contributed by atoms with E-state index in [0.29, 0.717) is 17.1 Å². The fraction of sp³-hybridized carbons (Fsp3) is 0.133. The van der Waals surface area contributed by atoms with Crippen molar-refractivity contribution in [3.8, 4) is 11.5 Å². The average Bonchev–Trinajstić information content (AvgIpc) is 2.95. The fourth-order valence-electron chi connectivity index (χ4n) is 2.08. The second-order valence-corrected chi connectivity index (χ2v) is 7.42. The highest BCUT2D eigenvalue weighted by Gasteiger charge is 2.22. The van der Waals surface area contributed by atoms with E-state index in [0.717, 1.165) is 10.0 Å². The number of nitrogens with zero attached hydrogens (tertiary/aromatic N) is 1. The normalized spacial score (nSPS) is 13.5. The molecule has 1 aliphatic rings. The Balaban J connectivity index is 1.81. The zero-order chi connectivity index (χ0) is 16.4. The van der Waals surface area contributed by atoms with E-state index in [1.165, 1.54) is 12.3 Å². The summed E-state index contributed by atoms with van der Waals surface area (Å²) in [6.45, 7) is 1.78. The quantitative estimate of drug-likeness (QED) is 0.636. The van der Waals surface area contributed by atoms with E-state index in [-0.39, 0.29) is 11.7 Å². The Labute approximate surface area is 142 Å². The lowest BCUT2D eigenvalue weighted by Crippen LogP contribution is -2.19. The van der Waals surface area contributed by atoms with Crippen molar-refractivity contribution in [1.82, 2.24) is 4.83 Å². The molecule has 0 saturated heterocycles. The van der Waals surface area contributed by atoms with Gasteiger partial charge in [-0.05, 0) is 36.2 Å². The fourth-order valence-corrected chi connectivity index (χ4v) is 3.38. The third kappa shape index (κ3) is 3.48. The largest absolute Gasteiger partial charge is 0.454 e. The molecule has 0 fully saturated rings. The molecule has 8 heteroatoms. The Morgan fingerprint density at radius 2 is 1.83 bits per heavy atom. The molecular weight excluding hydrogens is 384 g/mol. The van der Waals surface area contributed by atoms with Gasteiger partial charge >= 0.3 is 0 Å². The maximum atomic E-state index is 12.4. The molecule has 6 nitrogen and oxygen atoms in total. The summed E-state index contributed by atoms with van der Waals surface area (Å²) in [4.78, 5) is 2.31. The summed E-state index contributed by atoms with van der Waals surface area (Å²) < 4.78 is 36.1. The molecule has 2 aromatic carbocycles. The van der Waals surface area contributed by atoms with Crippen molar-refractivity contribution in [3.05, 3.63) is 52.0 Å². The highest BCUT2D eigenvalue weighted by atomic mass is 79.9. The minimum atomic E-state index is -3.78. The summed E-state index contributed by atoms with van der Waals surface area (Å²) in [6.07, 6.45) is 1.44. The lowest BCUT2D eigenvalue weighted by molar-refractivity contribution is 0.174. The van der Waals surface area contributed by atoms with Crippen molar-refractivity contribution < 1.29 is 17.9 Å². The van der Waals surface area contributed by atoms with Crippen LogP contribution in [-0.4, -0.2) is 21.4 Å². The molecule has 1 N–H and O–H groups in total. The first-order valence-electron chi connectivity index (χ1n) is 6.66. The van der Waals surface area contributed by atoms with Crippen molar-refractivity contribution in [1.29, 1.82) is 0 Å². The first-order valence-corrected chi connectivity index (χ1v) is 8.94. The van der Waals surface area contributed by atoms with Crippen LogP contribution >= 0.6 is 15.9 Å². The van der Waals surface area contributed by atoms with E-state index in [4.69, 9.17) is 9.47 Å². The summed E-state index contributed by atoms with van der Waals surface area (Å²) in [5.41, 5.74) is 1.33. The van der Waals surface area contributed by atoms with Crippen LogP contribution in [0.5, 0.6) is 11.5 Å². The molecule has 120 valence electrons. The number of halogens is 1. The molecule has 2 aromatic rings. The number of rotatable bonds is 4. The monoisotopic (exact) mass is 396 g/mol. The van der Waals surface area contributed by atoms with Crippen molar-refractivity contribution in [2.75, 3.05) is 6.79 Å². The van der Waals surface area contributed by atoms with Gasteiger partial charge in [0.1, 0.15) is 0 Å². The van der Waals surface area contributed by atoms with E-state index in [2.05, 4.69) is 25.9 Å². The van der Waals surface area contributed by atoms with Gasteiger partial charge in [0.15, 0.2) is 11.5 Å². The number of nitrogens with one attached hydrogen (secondary N) is 1. The SMILES string of the molecule is Cc1cc2c(cc1S(=O)(=O)N/N=C/c1ccc(Br)cc1)OCO2. The Morgan fingerprint density at radius 1 is 1.17 bits per heavy atom. The van der Waals surface area contributed by atoms with Crippen molar-refractivity contribution in [3.63, 3.8) is 0 Å². The molecule has 3 rings (SSSR count). The Morgan fingerprint density at radius 3 is 2.52 bits per heavy atom. The summed E-state index contributed by atoms with van der Waals surface area (Å²) in [5.74, 6) is 0.952. The summed E-state index contributed by atoms with van der Waals surface area (Å²) in [7, 11) is -3.78. The van der Waals surface area contributed by atoms with Gasteiger partial charge in [-0.1, -0.05) is 28.1 Å². The first kappa shape index (κ1) is 15.8. The Bertz CT molecular complexity index is 864. The molecule has 0 unspecified atom stereocenters. The van der Waals surface area contributed by atoms with Gasteiger partial charge < -0.3 is 9.47 Å². The molecule has 0 atom stereocenters. The van der Waals surface area contributed by atoms with Crippen LogP contribution in [0.25, 0.3) is 0 Å². The topological polar surface area (TPSA) is 77.0 Å². The molecule has 0 saturated carbocycles. The van der Waals surface area contributed by atoms with E-state index in [1.807, 2.05) is 24.3 Å². The predicted octanol–water partition coefficient (Wildman–Crippen LogP) is 2.80. The van der Waals surface area contributed by atoms with Crippen molar-refractivity contribution >= 4 is 32.2 Å². The molecule has 23 heavy (non-hydrogen) atoms. The van der Waals surface area contributed by atoms with Crippen LogP contribution in [0, 0.1) is 6.92 Å². The Kier molecular flexibility index (Phi) is 4.27. The highest BCUT2D eigenvalue weighted by molar-refractivity contribution is 9.10. The van der Waals surface area contributed by atoms with E-state index in [9.17, 15) is 8.42 Å². The minimum absolute atomic E-state index is 0.0907. The molecule has 0 radical (unpaired) electrons. The second-order valence-electron chi connectivity index (χ2n) is 4.88. The maximum Gasteiger partial charge on any atom is 0.276 e. The standard InChI is InChI=1S/C15H13BrN2O4S/c1-10-6-13-14(22-9-21-13)7-15(10)23(19,20)18-17-8-11-2-4-12(16)5-3-11/h2-8,18H,9H2,1H3/b17-8+. The maximum absolute atomic E-state index is 12.4. The number of aryl methyl sites for hydroxylation is 1. The number of benzene rings is 2. The van der Waals surface area contributed by atoms with Crippen LogP contribution in [0.15, 0.2) is 50.9 Å². The van der Waals surface area contributed by atoms with Crippen molar-refractivity contribution in [2.24, 2.45) is 5.10 Å². The number of hydrazone groups is 1. The Hall–Kier alpha value is -2.06. The second kappa shape index (κ2) is 6.21. The number of ether oxygens (including phenoxy) is 2. The van der Waals surface area contributed by atoms with E-state index in [1.54, 1.807) is 13.0 Å². The molecule has 0 aliphatic carbocycles. The van der Waals surface area contributed by atoms with Gasteiger partial charge in [-0.25, -0.2) is 4.83 Å². The smallest absolute Gasteiger partial charge is 0.276 e. The lowest BCUT2D eigenvalue weighted by Gasteiger charge is -2.08. The van der Waals surface area contributed by atoms with Crippen LogP contribution in [0.1, 0.15) is 11.1 Å². The molecule has 1 heterocycles. The number of hydrogen-bond acceptors (Lipinski definition) is 5. The van der Waals surface area contributed by atoms with E-state index < -0.39 is 10.0 Å². The third-order valence-corrected chi connectivity index (χ3v) is 5.11. The van der Waals surface area contributed by atoms with Crippen LogP contribution in [-0.2, 0) is 10.0 Å². The van der Waals surface area contributed by atoms with Crippen molar-refractivity contribution in [2.45, 2.75) is 11.8 Å². The molecule has 0 bridgehead atoms. The zero-order valence-electron chi connectivity index (χ0n) is 12.1. The number of hydrogen-bond donors (Lipinski definition) is 1.